The SMILES string of the molecule is CC(C)(C)C(O)CNc1nc(Cl)cs1. The van der Waals surface area contributed by atoms with E-state index in [0.29, 0.717) is 11.7 Å². The Morgan fingerprint density at radius 2 is 2.29 bits per heavy atom. The molecule has 1 unspecified atom stereocenters. The van der Waals surface area contributed by atoms with Gasteiger partial charge in [-0.1, -0.05) is 32.4 Å². The third-order valence-corrected chi connectivity index (χ3v) is 3.05. The maximum atomic E-state index is 9.74. The highest BCUT2D eigenvalue weighted by molar-refractivity contribution is 7.14. The molecule has 1 heterocycles. The van der Waals surface area contributed by atoms with E-state index in [-0.39, 0.29) is 5.41 Å². The van der Waals surface area contributed by atoms with Gasteiger partial charge in [0.25, 0.3) is 0 Å². The molecule has 0 saturated carbocycles. The molecule has 0 radical (unpaired) electrons. The summed E-state index contributed by atoms with van der Waals surface area (Å²) >= 11 is 7.10. The van der Waals surface area contributed by atoms with Crippen LogP contribution in [0.4, 0.5) is 5.13 Å². The molecule has 1 atom stereocenters. The molecule has 0 spiro atoms. The van der Waals surface area contributed by atoms with Crippen molar-refractivity contribution in [1.29, 1.82) is 0 Å². The maximum Gasteiger partial charge on any atom is 0.184 e. The second-order valence-corrected chi connectivity index (χ2v) is 5.48. The number of aliphatic hydroxyl groups is 1. The number of hydrogen-bond donors (Lipinski definition) is 2. The average molecular weight is 235 g/mol. The first-order valence-corrected chi connectivity index (χ1v) is 5.68. The van der Waals surface area contributed by atoms with Gasteiger partial charge in [0.2, 0.25) is 0 Å². The van der Waals surface area contributed by atoms with Gasteiger partial charge in [-0.3, -0.25) is 0 Å². The standard InChI is InChI=1S/C9H15ClN2OS/c1-9(2,3)6(13)4-11-8-12-7(10)5-14-8/h5-6,13H,4H2,1-3H3,(H,11,12). The Morgan fingerprint density at radius 1 is 1.64 bits per heavy atom. The second-order valence-electron chi connectivity index (χ2n) is 4.24. The second kappa shape index (κ2) is 4.47. The van der Waals surface area contributed by atoms with Crippen molar-refractivity contribution in [3.05, 3.63) is 10.5 Å². The highest BCUT2D eigenvalue weighted by atomic mass is 35.5. The van der Waals surface area contributed by atoms with Crippen LogP contribution in [0.5, 0.6) is 0 Å². The number of nitrogens with one attached hydrogen (secondary N) is 1. The Balaban J connectivity index is 2.41. The monoisotopic (exact) mass is 234 g/mol. The van der Waals surface area contributed by atoms with Gasteiger partial charge in [-0.2, -0.15) is 0 Å². The molecule has 3 nitrogen and oxygen atoms in total. The fourth-order valence-electron chi connectivity index (χ4n) is 0.826. The number of hydrogen-bond acceptors (Lipinski definition) is 4. The minimum atomic E-state index is -0.398. The van der Waals surface area contributed by atoms with Gasteiger partial charge in [0.1, 0.15) is 5.15 Å². The summed E-state index contributed by atoms with van der Waals surface area (Å²) in [5.41, 5.74) is -0.117. The van der Waals surface area contributed by atoms with Gasteiger partial charge < -0.3 is 10.4 Å². The Morgan fingerprint density at radius 3 is 2.71 bits per heavy atom. The fraction of sp³-hybridized carbons (Fsp3) is 0.667. The normalized spacial score (nSPS) is 14.1. The number of nitrogens with zero attached hydrogens (tertiary/aromatic N) is 1. The topological polar surface area (TPSA) is 45.1 Å². The van der Waals surface area contributed by atoms with Crippen molar-refractivity contribution in [2.75, 3.05) is 11.9 Å². The number of anilines is 1. The van der Waals surface area contributed by atoms with E-state index in [4.69, 9.17) is 11.6 Å². The largest absolute Gasteiger partial charge is 0.391 e. The maximum absolute atomic E-state index is 9.74. The van der Waals surface area contributed by atoms with Crippen molar-refractivity contribution in [3.8, 4) is 0 Å². The molecule has 14 heavy (non-hydrogen) atoms. The Bertz CT molecular complexity index is 295. The van der Waals surface area contributed by atoms with Crippen LogP contribution in [0.3, 0.4) is 0 Å². The lowest BCUT2D eigenvalue weighted by Crippen LogP contribution is -2.32. The van der Waals surface area contributed by atoms with Gasteiger partial charge in [0.15, 0.2) is 5.13 Å². The molecule has 0 amide bonds. The van der Waals surface area contributed by atoms with Crippen LogP contribution < -0.4 is 5.32 Å². The van der Waals surface area contributed by atoms with E-state index < -0.39 is 6.10 Å². The predicted molar refractivity (Wildman–Crippen MR) is 61.1 cm³/mol. The van der Waals surface area contributed by atoms with E-state index in [1.165, 1.54) is 11.3 Å². The molecule has 1 rings (SSSR count). The van der Waals surface area contributed by atoms with E-state index in [9.17, 15) is 5.11 Å². The van der Waals surface area contributed by atoms with E-state index in [0.717, 1.165) is 5.13 Å². The van der Waals surface area contributed by atoms with Crippen LogP contribution in [0.25, 0.3) is 0 Å². The summed E-state index contributed by atoms with van der Waals surface area (Å²) in [6.07, 6.45) is -0.398. The summed E-state index contributed by atoms with van der Waals surface area (Å²) in [7, 11) is 0. The van der Waals surface area contributed by atoms with Gasteiger partial charge in [-0.25, -0.2) is 4.98 Å². The average Bonchev–Trinajstić information content (AvgIpc) is 2.45. The van der Waals surface area contributed by atoms with E-state index in [2.05, 4.69) is 10.3 Å². The van der Waals surface area contributed by atoms with Crippen LogP contribution in [0.15, 0.2) is 5.38 Å². The van der Waals surface area contributed by atoms with Crippen molar-refractivity contribution in [3.63, 3.8) is 0 Å². The molecule has 0 fully saturated rings. The summed E-state index contributed by atoms with van der Waals surface area (Å²) in [6, 6.07) is 0. The molecule has 80 valence electrons. The van der Waals surface area contributed by atoms with Gasteiger partial charge in [-0.05, 0) is 5.41 Å². The Hall–Kier alpha value is -0.320. The van der Waals surface area contributed by atoms with Crippen LogP contribution in [-0.4, -0.2) is 22.7 Å². The summed E-state index contributed by atoms with van der Waals surface area (Å²) in [5, 5.41) is 15.8. The van der Waals surface area contributed by atoms with Gasteiger partial charge in [0, 0.05) is 11.9 Å². The summed E-state index contributed by atoms with van der Waals surface area (Å²) in [6.45, 7) is 6.48. The molecule has 1 aromatic rings. The quantitative estimate of drug-likeness (QED) is 0.845. The summed E-state index contributed by atoms with van der Waals surface area (Å²) in [5.74, 6) is 0. The zero-order valence-corrected chi connectivity index (χ0v) is 10.1. The molecular formula is C9H15ClN2OS. The lowest BCUT2D eigenvalue weighted by atomic mass is 9.89. The first-order valence-electron chi connectivity index (χ1n) is 4.42. The van der Waals surface area contributed by atoms with Crippen LogP contribution >= 0.6 is 22.9 Å². The summed E-state index contributed by atoms with van der Waals surface area (Å²) in [4.78, 5) is 4.03. The minimum absolute atomic E-state index is 0.117. The highest BCUT2D eigenvalue weighted by Gasteiger charge is 2.21. The smallest absolute Gasteiger partial charge is 0.184 e. The highest BCUT2D eigenvalue weighted by Crippen LogP contribution is 2.22. The zero-order valence-electron chi connectivity index (χ0n) is 8.54. The molecule has 1 aromatic heterocycles. The molecule has 2 N–H and O–H groups in total. The lowest BCUT2D eigenvalue weighted by Gasteiger charge is -2.25. The molecular weight excluding hydrogens is 220 g/mol. The number of aromatic nitrogens is 1. The number of aliphatic hydroxyl groups excluding tert-OH is 1. The van der Waals surface area contributed by atoms with Crippen molar-refractivity contribution >= 4 is 28.1 Å². The van der Waals surface area contributed by atoms with Crippen LogP contribution in [0, 0.1) is 5.41 Å². The van der Waals surface area contributed by atoms with Crippen molar-refractivity contribution in [2.24, 2.45) is 5.41 Å². The van der Waals surface area contributed by atoms with Gasteiger partial charge >= 0.3 is 0 Å². The first-order chi connectivity index (χ1) is 6.39. The molecule has 0 aliphatic heterocycles. The number of rotatable bonds is 3. The zero-order chi connectivity index (χ0) is 10.8. The van der Waals surface area contributed by atoms with Crippen molar-refractivity contribution in [1.82, 2.24) is 4.98 Å². The molecule has 0 bridgehead atoms. The third kappa shape index (κ3) is 3.44. The third-order valence-electron chi connectivity index (χ3n) is 1.92. The van der Waals surface area contributed by atoms with Gasteiger partial charge in [0.05, 0.1) is 6.10 Å². The van der Waals surface area contributed by atoms with E-state index in [1.54, 1.807) is 5.38 Å². The number of thiazole rings is 1. The molecule has 0 aromatic carbocycles. The van der Waals surface area contributed by atoms with Crippen molar-refractivity contribution in [2.45, 2.75) is 26.9 Å². The molecule has 0 aliphatic rings. The van der Waals surface area contributed by atoms with Crippen LogP contribution in [0.2, 0.25) is 5.15 Å². The van der Waals surface area contributed by atoms with Crippen LogP contribution in [0.1, 0.15) is 20.8 Å². The molecule has 0 aliphatic carbocycles. The molecule has 0 saturated heterocycles. The van der Waals surface area contributed by atoms with Crippen LogP contribution in [-0.2, 0) is 0 Å². The first kappa shape index (κ1) is 11.8. The van der Waals surface area contributed by atoms with Crippen molar-refractivity contribution < 1.29 is 5.11 Å². The minimum Gasteiger partial charge on any atom is -0.391 e. The lowest BCUT2D eigenvalue weighted by molar-refractivity contribution is 0.0746. The fourth-order valence-corrected chi connectivity index (χ4v) is 1.67. The Labute approximate surface area is 93.1 Å². The van der Waals surface area contributed by atoms with E-state index >= 15 is 0 Å². The number of halogens is 1. The van der Waals surface area contributed by atoms with Gasteiger partial charge in [-0.15, -0.1) is 11.3 Å². The molecule has 5 heteroatoms. The summed E-state index contributed by atoms with van der Waals surface area (Å²) < 4.78 is 0. The van der Waals surface area contributed by atoms with E-state index in [1.807, 2.05) is 20.8 Å². The Kier molecular flexibility index (Phi) is 3.75. The predicted octanol–water partition coefficient (Wildman–Crippen LogP) is 2.62.